The number of hydrogen-bond acceptors (Lipinski definition) is 2. The Morgan fingerprint density at radius 3 is 2.76 bits per heavy atom. The number of halogens is 4. The average Bonchev–Trinajstić information content (AvgIpc) is 2.90. The van der Waals surface area contributed by atoms with Gasteiger partial charge >= 0.3 is 6.18 Å². The first-order valence-electron chi connectivity index (χ1n) is 6.00. The zero-order chi connectivity index (χ0) is 15.5. The predicted molar refractivity (Wildman–Crippen MR) is 73.8 cm³/mol. The molecule has 0 fully saturated rings. The minimum atomic E-state index is -4.58. The van der Waals surface area contributed by atoms with Crippen LogP contribution in [0, 0.1) is 0 Å². The highest BCUT2D eigenvalue weighted by Crippen LogP contribution is 2.33. The molecule has 2 N–H and O–H groups in total. The SMILES string of the molecule is O=C(NCCc1cnc[nH]1)c1ccc(Br)cc1C(F)(F)F. The van der Waals surface area contributed by atoms with Gasteiger partial charge in [0.2, 0.25) is 0 Å². The summed E-state index contributed by atoms with van der Waals surface area (Å²) in [5, 5.41) is 2.47. The summed E-state index contributed by atoms with van der Waals surface area (Å²) in [6, 6.07) is 3.45. The highest BCUT2D eigenvalue weighted by molar-refractivity contribution is 9.10. The number of nitrogens with zero attached hydrogens (tertiary/aromatic N) is 1. The average molecular weight is 362 g/mol. The van der Waals surface area contributed by atoms with Crippen LogP contribution in [-0.4, -0.2) is 22.4 Å². The van der Waals surface area contributed by atoms with Crippen molar-refractivity contribution in [1.29, 1.82) is 0 Å². The molecule has 21 heavy (non-hydrogen) atoms. The Bertz CT molecular complexity index is 626. The lowest BCUT2D eigenvalue weighted by atomic mass is 10.1. The zero-order valence-electron chi connectivity index (χ0n) is 10.7. The summed E-state index contributed by atoms with van der Waals surface area (Å²) in [6.07, 6.45) is -1.04. The van der Waals surface area contributed by atoms with Crippen LogP contribution in [0.4, 0.5) is 13.2 Å². The van der Waals surface area contributed by atoms with Crippen LogP contribution in [0.15, 0.2) is 35.2 Å². The minimum absolute atomic E-state index is 0.217. The zero-order valence-corrected chi connectivity index (χ0v) is 12.3. The van der Waals surface area contributed by atoms with Gasteiger partial charge in [0.05, 0.1) is 17.5 Å². The standard InChI is InChI=1S/C13H11BrF3N3O/c14-8-1-2-10(11(5-8)13(15,16)17)12(21)19-4-3-9-6-18-7-20-9/h1-2,5-7H,3-4H2,(H,18,20)(H,19,21). The van der Waals surface area contributed by atoms with Crippen molar-refractivity contribution in [2.24, 2.45) is 0 Å². The Kier molecular flexibility index (Phi) is 4.66. The molecular weight excluding hydrogens is 351 g/mol. The predicted octanol–water partition coefficient (Wildman–Crippen LogP) is 3.16. The Balaban J connectivity index is 2.08. The fourth-order valence-corrected chi connectivity index (χ4v) is 2.14. The van der Waals surface area contributed by atoms with Crippen LogP contribution in [0.3, 0.4) is 0 Å². The third-order valence-electron chi connectivity index (χ3n) is 2.77. The molecule has 0 saturated carbocycles. The molecule has 2 rings (SSSR count). The number of benzene rings is 1. The molecular formula is C13H11BrF3N3O. The summed E-state index contributed by atoms with van der Waals surface area (Å²) < 4.78 is 39.0. The summed E-state index contributed by atoms with van der Waals surface area (Å²) in [6.45, 7) is 0.217. The summed E-state index contributed by atoms with van der Waals surface area (Å²) in [7, 11) is 0. The Morgan fingerprint density at radius 1 is 1.38 bits per heavy atom. The van der Waals surface area contributed by atoms with Gasteiger partial charge in [-0.25, -0.2) is 4.98 Å². The maximum Gasteiger partial charge on any atom is 0.417 e. The molecule has 8 heteroatoms. The lowest BCUT2D eigenvalue weighted by Gasteiger charge is -2.13. The van der Waals surface area contributed by atoms with E-state index >= 15 is 0 Å². The number of rotatable bonds is 4. The van der Waals surface area contributed by atoms with Gasteiger partial charge in [-0.2, -0.15) is 13.2 Å². The maximum absolute atomic E-state index is 12.9. The number of alkyl halides is 3. The number of H-pyrrole nitrogens is 1. The lowest BCUT2D eigenvalue weighted by Crippen LogP contribution is -2.28. The molecule has 1 heterocycles. The fourth-order valence-electron chi connectivity index (χ4n) is 1.78. The lowest BCUT2D eigenvalue weighted by molar-refractivity contribution is -0.138. The molecule has 4 nitrogen and oxygen atoms in total. The molecule has 0 spiro atoms. The van der Waals surface area contributed by atoms with Crippen LogP contribution in [0.5, 0.6) is 0 Å². The number of amides is 1. The van der Waals surface area contributed by atoms with E-state index in [2.05, 4.69) is 31.2 Å². The molecule has 0 atom stereocenters. The number of hydrogen-bond donors (Lipinski definition) is 2. The van der Waals surface area contributed by atoms with Gasteiger partial charge in [0.25, 0.3) is 5.91 Å². The minimum Gasteiger partial charge on any atom is -0.352 e. The molecule has 0 aliphatic rings. The second-order valence-corrected chi connectivity index (χ2v) is 5.19. The molecule has 1 aromatic carbocycles. The maximum atomic E-state index is 12.9. The number of aromatic amines is 1. The van der Waals surface area contributed by atoms with Crippen LogP contribution >= 0.6 is 15.9 Å². The number of imidazole rings is 1. The van der Waals surface area contributed by atoms with E-state index in [1.54, 1.807) is 6.20 Å². The third kappa shape index (κ3) is 4.07. The quantitative estimate of drug-likeness (QED) is 0.878. The Morgan fingerprint density at radius 2 is 2.14 bits per heavy atom. The van der Waals surface area contributed by atoms with Gasteiger partial charge in [-0.1, -0.05) is 15.9 Å². The van der Waals surface area contributed by atoms with E-state index in [0.717, 1.165) is 17.8 Å². The van der Waals surface area contributed by atoms with Gasteiger partial charge in [-0.15, -0.1) is 0 Å². The van der Waals surface area contributed by atoms with Gasteiger partial charge in [0, 0.05) is 29.3 Å². The number of aromatic nitrogens is 2. The highest BCUT2D eigenvalue weighted by Gasteiger charge is 2.35. The first-order valence-corrected chi connectivity index (χ1v) is 6.79. The normalized spacial score (nSPS) is 11.4. The number of nitrogens with one attached hydrogen (secondary N) is 2. The molecule has 0 aliphatic heterocycles. The van der Waals surface area contributed by atoms with E-state index < -0.39 is 23.2 Å². The largest absolute Gasteiger partial charge is 0.417 e. The smallest absolute Gasteiger partial charge is 0.352 e. The van der Waals surface area contributed by atoms with Gasteiger partial charge in [-0.3, -0.25) is 4.79 Å². The molecule has 0 saturated heterocycles. The summed E-state index contributed by atoms with van der Waals surface area (Å²) in [4.78, 5) is 18.6. The second kappa shape index (κ2) is 6.30. The summed E-state index contributed by atoms with van der Waals surface area (Å²) >= 11 is 2.97. The van der Waals surface area contributed by atoms with E-state index in [1.165, 1.54) is 12.4 Å². The number of carbonyl (C=O) groups excluding carboxylic acids is 1. The Hall–Kier alpha value is -1.83. The van der Waals surface area contributed by atoms with E-state index in [-0.39, 0.29) is 11.0 Å². The molecule has 1 amide bonds. The summed E-state index contributed by atoms with van der Waals surface area (Å²) in [5.41, 5.74) is -0.562. The van der Waals surface area contributed by atoms with Crippen molar-refractivity contribution in [3.05, 3.63) is 52.0 Å². The molecule has 0 unspecified atom stereocenters. The molecule has 0 radical (unpaired) electrons. The van der Waals surface area contributed by atoms with Gasteiger partial charge in [-0.05, 0) is 18.2 Å². The van der Waals surface area contributed by atoms with Crippen molar-refractivity contribution in [3.63, 3.8) is 0 Å². The molecule has 112 valence electrons. The third-order valence-corrected chi connectivity index (χ3v) is 3.26. The summed E-state index contributed by atoms with van der Waals surface area (Å²) in [5.74, 6) is -0.755. The fraction of sp³-hybridized carbons (Fsp3) is 0.231. The van der Waals surface area contributed by atoms with E-state index in [9.17, 15) is 18.0 Å². The van der Waals surface area contributed by atoms with Crippen LogP contribution in [-0.2, 0) is 12.6 Å². The van der Waals surface area contributed by atoms with Crippen molar-refractivity contribution in [3.8, 4) is 0 Å². The van der Waals surface area contributed by atoms with Crippen LogP contribution in [0.1, 0.15) is 21.6 Å². The van der Waals surface area contributed by atoms with Crippen molar-refractivity contribution >= 4 is 21.8 Å². The highest BCUT2D eigenvalue weighted by atomic mass is 79.9. The van der Waals surface area contributed by atoms with Crippen molar-refractivity contribution in [1.82, 2.24) is 15.3 Å². The van der Waals surface area contributed by atoms with E-state index in [4.69, 9.17) is 0 Å². The van der Waals surface area contributed by atoms with Crippen LogP contribution < -0.4 is 5.32 Å². The second-order valence-electron chi connectivity index (χ2n) is 4.27. The van der Waals surface area contributed by atoms with E-state index in [1.807, 2.05) is 0 Å². The van der Waals surface area contributed by atoms with Gasteiger partial charge in [0.15, 0.2) is 0 Å². The monoisotopic (exact) mass is 361 g/mol. The first-order chi connectivity index (χ1) is 9.88. The van der Waals surface area contributed by atoms with Gasteiger partial charge < -0.3 is 10.3 Å². The number of carbonyl (C=O) groups is 1. The first kappa shape index (κ1) is 15.6. The molecule has 1 aromatic heterocycles. The molecule has 0 bridgehead atoms. The topological polar surface area (TPSA) is 57.8 Å². The van der Waals surface area contributed by atoms with Crippen molar-refractivity contribution < 1.29 is 18.0 Å². The van der Waals surface area contributed by atoms with Crippen LogP contribution in [0.25, 0.3) is 0 Å². The molecule has 0 aliphatic carbocycles. The van der Waals surface area contributed by atoms with Crippen molar-refractivity contribution in [2.45, 2.75) is 12.6 Å². The van der Waals surface area contributed by atoms with Gasteiger partial charge in [0.1, 0.15) is 0 Å². The van der Waals surface area contributed by atoms with Crippen molar-refractivity contribution in [2.75, 3.05) is 6.54 Å². The molecule has 2 aromatic rings. The Labute approximate surface area is 126 Å². The van der Waals surface area contributed by atoms with E-state index in [0.29, 0.717) is 6.42 Å². The van der Waals surface area contributed by atoms with Crippen LogP contribution in [0.2, 0.25) is 0 Å².